The van der Waals surface area contributed by atoms with E-state index in [1.807, 2.05) is 12.1 Å². The first-order valence-corrected chi connectivity index (χ1v) is 9.34. The van der Waals surface area contributed by atoms with Crippen LogP contribution < -0.4 is 5.32 Å². The van der Waals surface area contributed by atoms with Crippen molar-refractivity contribution >= 4 is 28.4 Å². The van der Waals surface area contributed by atoms with Crippen molar-refractivity contribution < 1.29 is 9.90 Å². The molecule has 2 N–H and O–H groups in total. The Morgan fingerprint density at radius 1 is 1.22 bits per heavy atom. The summed E-state index contributed by atoms with van der Waals surface area (Å²) in [6.07, 6.45) is 4.04. The van der Waals surface area contributed by atoms with E-state index in [2.05, 4.69) is 54.8 Å². The summed E-state index contributed by atoms with van der Waals surface area (Å²) in [5.74, 6) is -0.0947. The van der Waals surface area contributed by atoms with E-state index < -0.39 is 5.97 Å². The number of hydrogen-bond donors (Lipinski definition) is 2. The second kappa shape index (κ2) is 6.12. The molecule has 0 atom stereocenters. The highest BCUT2D eigenvalue weighted by Gasteiger charge is 2.26. The van der Waals surface area contributed by atoms with Crippen LogP contribution in [0.4, 0.5) is 11.5 Å². The lowest BCUT2D eigenvalue weighted by atomic mass is 9.92. The highest BCUT2D eigenvalue weighted by atomic mass is 16.4. The van der Waals surface area contributed by atoms with Gasteiger partial charge in [0, 0.05) is 40.9 Å². The van der Waals surface area contributed by atoms with E-state index in [1.165, 1.54) is 5.69 Å². The maximum atomic E-state index is 11.7. The van der Waals surface area contributed by atoms with Crippen molar-refractivity contribution in [2.45, 2.75) is 44.9 Å². The minimum Gasteiger partial charge on any atom is -0.478 e. The number of aryl methyl sites for hydroxylation is 1. The van der Waals surface area contributed by atoms with E-state index >= 15 is 0 Å². The minimum absolute atomic E-state index is 0.0536. The number of rotatable bonds is 4. The summed E-state index contributed by atoms with van der Waals surface area (Å²) in [4.78, 5) is 16.1. The Labute approximate surface area is 159 Å². The number of carbonyl (C=O) groups is 1. The van der Waals surface area contributed by atoms with Crippen molar-refractivity contribution in [3.05, 3.63) is 53.3 Å². The zero-order valence-electron chi connectivity index (χ0n) is 16.2. The molecule has 140 valence electrons. The number of anilines is 2. The smallest absolute Gasteiger partial charge is 0.339 e. The van der Waals surface area contributed by atoms with Crippen molar-refractivity contribution in [1.29, 1.82) is 0 Å². The van der Waals surface area contributed by atoms with Gasteiger partial charge in [0.15, 0.2) is 0 Å². The number of carboxylic acid groups (broad SMARTS) is 1. The van der Waals surface area contributed by atoms with Gasteiger partial charge in [0.05, 0.1) is 0 Å². The van der Waals surface area contributed by atoms with Crippen LogP contribution in [0.5, 0.6) is 0 Å². The Hall–Kier alpha value is -2.82. The van der Waals surface area contributed by atoms with Crippen LogP contribution >= 0.6 is 0 Å². The van der Waals surface area contributed by atoms with E-state index in [-0.39, 0.29) is 11.0 Å². The molecule has 0 aliphatic heterocycles. The van der Waals surface area contributed by atoms with Crippen LogP contribution in [0.1, 0.15) is 61.1 Å². The van der Waals surface area contributed by atoms with Crippen molar-refractivity contribution in [3.63, 3.8) is 0 Å². The predicted octanol–water partition coefficient (Wildman–Crippen LogP) is 5.19. The summed E-state index contributed by atoms with van der Waals surface area (Å²) in [5.41, 5.74) is 4.55. The van der Waals surface area contributed by atoms with Gasteiger partial charge in [-0.3, -0.25) is 0 Å². The molecule has 0 saturated heterocycles. The van der Waals surface area contributed by atoms with E-state index in [9.17, 15) is 9.90 Å². The molecule has 0 bridgehead atoms. The molecule has 1 saturated carbocycles. The van der Waals surface area contributed by atoms with Crippen LogP contribution in [0, 0.1) is 0 Å². The lowest BCUT2D eigenvalue weighted by molar-refractivity contribution is 0.0697. The van der Waals surface area contributed by atoms with Crippen LogP contribution in [-0.2, 0) is 12.5 Å². The summed E-state index contributed by atoms with van der Waals surface area (Å²) in [7, 11) is 2.08. The standard InChI is InChI=1S/C22H25N3O2/c1-22(2,3)19-11-14-9-16(7-8-18(14)25(19)4)24-20-17(21(26)27)10-15(12-23-20)13-5-6-13/h7-13H,5-6H2,1-4H3,(H,23,24)(H,26,27). The number of nitrogens with one attached hydrogen (secondary N) is 1. The van der Waals surface area contributed by atoms with E-state index in [4.69, 9.17) is 0 Å². The van der Waals surface area contributed by atoms with Gasteiger partial charge in [0.1, 0.15) is 11.4 Å². The number of carboxylic acids is 1. The topological polar surface area (TPSA) is 67.2 Å². The van der Waals surface area contributed by atoms with Crippen molar-refractivity contribution in [3.8, 4) is 0 Å². The molecule has 3 aromatic rings. The number of hydrogen-bond acceptors (Lipinski definition) is 3. The Morgan fingerprint density at radius 2 is 1.96 bits per heavy atom. The van der Waals surface area contributed by atoms with E-state index in [0.717, 1.165) is 35.0 Å². The number of nitrogens with zero attached hydrogens (tertiary/aromatic N) is 2. The van der Waals surface area contributed by atoms with Gasteiger partial charge in [-0.15, -0.1) is 0 Å². The first-order chi connectivity index (χ1) is 12.7. The van der Waals surface area contributed by atoms with Gasteiger partial charge in [-0.25, -0.2) is 9.78 Å². The maximum Gasteiger partial charge on any atom is 0.339 e. The van der Waals surface area contributed by atoms with Crippen LogP contribution in [0.2, 0.25) is 0 Å². The highest BCUT2D eigenvalue weighted by Crippen LogP contribution is 2.40. The molecular weight excluding hydrogens is 338 g/mol. The van der Waals surface area contributed by atoms with Gasteiger partial charge >= 0.3 is 5.97 Å². The number of fused-ring (bicyclic) bond motifs is 1. The lowest BCUT2D eigenvalue weighted by Crippen LogP contribution is -2.15. The summed E-state index contributed by atoms with van der Waals surface area (Å²) >= 11 is 0. The van der Waals surface area contributed by atoms with Gasteiger partial charge in [-0.2, -0.15) is 0 Å². The van der Waals surface area contributed by atoms with Crippen molar-refractivity contribution in [2.24, 2.45) is 7.05 Å². The average Bonchev–Trinajstić information content (AvgIpc) is 3.38. The molecule has 27 heavy (non-hydrogen) atoms. The molecule has 1 aliphatic rings. The first-order valence-electron chi connectivity index (χ1n) is 9.34. The van der Waals surface area contributed by atoms with Crippen LogP contribution in [0.3, 0.4) is 0 Å². The predicted molar refractivity (Wildman–Crippen MR) is 108 cm³/mol. The molecule has 4 rings (SSSR count). The maximum absolute atomic E-state index is 11.7. The van der Waals surface area contributed by atoms with Crippen LogP contribution in [0.25, 0.3) is 10.9 Å². The first kappa shape index (κ1) is 17.6. The number of pyridine rings is 1. The molecule has 5 heteroatoms. The second-order valence-electron chi connectivity index (χ2n) is 8.48. The van der Waals surface area contributed by atoms with Gasteiger partial charge in [-0.1, -0.05) is 20.8 Å². The van der Waals surface area contributed by atoms with Gasteiger partial charge in [-0.05, 0) is 54.7 Å². The summed E-state index contributed by atoms with van der Waals surface area (Å²) in [6.45, 7) is 6.60. The Bertz CT molecular complexity index is 1040. The zero-order valence-corrected chi connectivity index (χ0v) is 16.2. The molecule has 2 heterocycles. The zero-order chi connectivity index (χ0) is 19.3. The molecule has 0 unspecified atom stereocenters. The molecule has 0 amide bonds. The summed E-state index contributed by atoms with van der Waals surface area (Å²) < 4.78 is 2.21. The quantitative estimate of drug-likeness (QED) is 0.669. The SMILES string of the molecule is Cn1c(C(C)(C)C)cc2cc(Nc3ncc(C4CC4)cc3C(=O)O)ccc21. The van der Waals surface area contributed by atoms with Crippen LogP contribution in [0.15, 0.2) is 36.5 Å². The van der Waals surface area contributed by atoms with E-state index in [1.54, 1.807) is 12.3 Å². The Balaban J connectivity index is 1.70. The highest BCUT2D eigenvalue weighted by molar-refractivity contribution is 5.95. The molecule has 0 radical (unpaired) electrons. The Kier molecular flexibility index (Phi) is 3.98. The number of aromatic carboxylic acids is 1. The molecule has 1 aliphatic carbocycles. The summed E-state index contributed by atoms with van der Waals surface area (Å²) in [6, 6.07) is 10.0. The van der Waals surface area contributed by atoms with Gasteiger partial charge in [0.2, 0.25) is 0 Å². The third-order valence-electron chi connectivity index (χ3n) is 5.26. The monoisotopic (exact) mass is 363 g/mol. The van der Waals surface area contributed by atoms with Crippen molar-refractivity contribution in [1.82, 2.24) is 9.55 Å². The second-order valence-corrected chi connectivity index (χ2v) is 8.48. The molecule has 2 aromatic heterocycles. The lowest BCUT2D eigenvalue weighted by Gasteiger charge is -2.19. The molecule has 1 fully saturated rings. The van der Waals surface area contributed by atoms with Gasteiger partial charge in [0.25, 0.3) is 0 Å². The van der Waals surface area contributed by atoms with E-state index in [0.29, 0.717) is 11.7 Å². The molecule has 5 nitrogen and oxygen atoms in total. The van der Waals surface area contributed by atoms with Gasteiger partial charge < -0.3 is 15.0 Å². The molecule has 1 aromatic carbocycles. The summed E-state index contributed by atoms with van der Waals surface area (Å²) in [5, 5.41) is 13.9. The normalized spacial score (nSPS) is 14.5. The fourth-order valence-electron chi connectivity index (χ4n) is 3.67. The Morgan fingerprint density at radius 3 is 2.59 bits per heavy atom. The molecular formula is C22H25N3O2. The fraction of sp³-hybridized carbons (Fsp3) is 0.364. The minimum atomic E-state index is -0.955. The van der Waals surface area contributed by atoms with Crippen molar-refractivity contribution in [2.75, 3.05) is 5.32 Å². The number of benzene rings is 1. The third-order valence-corrected chi connectivity index (χ3v) is 5.26. The number of aromatic nitrogens is 2. The largest absolute Gasteiger partial charge is 0.478 e. The third kappa shape index (κ3) is 3.29. The fourth-order valence-corrected chi connectivity index (χ4v) is 3.67. The average molecular weight is 363 g/mol. The van der Waals surface area contributed by atoms with Crippen LogP contribution in [-0.4, -0.2) is 20.6 Å². The molecule has 0 spiro atoms.